The molecule has 3 heteroatoms. The van der Waals surface area contributed by atoms with Crippen LogP contribution in [0.15, 0.2) is 24.3 Å². The molecule has 1 N–H and O–H groups in total. The van der Waals surface area contributed by atoms with Crippen LogP contribution in [-0.2, 0) is 6.54 Å². The van der Waals surface area contributed by atoms with Crippen LogP contribution in [0.3, 0.4) is 0 Å². The average Bonchev–Trinajstić information content (AvgIpc) is 2.91. The lowest BCUT2D eigenvalue weighted by atomic mass is 10.00. The number of aliphatic hydroxyl groups excluding tert-OH is 1. The summed E-state index contributed by atoms with van der Waals surface area (Å²) in [6.45, 7) is 1.59. The molecule has 0 heterocycles. The monoisotopic (exact) mass is 277 g/mol. The number of likely N-dealkylation sites (N-methyl/N-ethyl adjacent to an activating group) is 1. The van der Waals surface area contributed by atoms with Crippen molar-refractivity contribution in [3.8, 4) is 5.75 Å². The zero-order valence-corrected chi connectivity index (χ0v) is 12.7. The van der Waals surface area contributed by atoms with E-state index in [1.807, 2.05) is 12.1 Å². The van der Waals surface area contributed by atoms with Gasteiger partial charge < -0.3 is 9.84 Å². The van der Waals surface area contributed by atoms with Crippen molar-refractivity contribution in [3.05, 3.63) is 29.8 Å². The molecule has 1 aromatic carbocycles. The second kappa shape index (κ2) is 7.65. The maximum atomic E-state index is 10.2. The van der Waals surface area contributed by atoms with Crippen LogP contribution in [-0.4, -0.2) is 36.8 Å². The Morgan fingerprint density at radius 2 is 2.10 bits per heavy atom. The van der Waals surface area contributed by atoms with E-state index in [9.17, 15) is 5.11 Å². The number of methoxy groups -OCH3 is 1. The van der Waals surface area contributed by atoms with Gasteiger partial charge >= 0.3 is 0 Å². The molecule has 0 amide bonds. The Morgan fingerprint density at radius 1 is 1.35 bits per heavy atom. The Morgan fingerprint density at radius 3 is 2.80 bits per heavy atom. The van der Waals surface area contributed by atoms with E-state index < -0.39 is 0 Å². The second-order valence-electron chi connectivity index (χ2n) is 6.09. The lowest BCUT2D eigenvalue weighted by Crippen LogP contribution is -2.30. The Hall–Kier alpha value is -1.06. The molecule has 1 fully saturated rings. The smallest absolute Gasteiger partial charge is 0.119 e. The molecular weight excluding hydrogens is 250 g/mol. The van der Waals surface area contributed by atoms with E-state index in [-0.39, 0.29) is 6.10 Å². The van der Waals surface area contributed by atoms with E-state index in [1.165, 1.54) is 31.2 Å². The molecule has 0 radical (unpaired) electrons. The molecule has 2 rings (SSSR count). The van der Waals surface area contributed by atoms with Gasteiger partial charge in [0.25, 0.3) is 0 Å². The summed E-state index contributed by atoms with van der Waals surface area (Å²) in [6.07, 6.45) is 6.05. The number of aliphatic hydroxyl groups is 1. The van der Waals surface area contributed by atoms with Crippen molar-refractivity contribution in [1.82, 2.24) is 4.90 Å². The Balaban J connectivity index is 1.77. The summed E-state index contributed by atoms with van der Waals surface area (Å²) in [7, 11) is 3.76. The highest BCUT2D eigenvalue weighted by molar-refractivity contribution is 5.28. The first kappa shape index (κ1) is 15.3. The average molecular weight is 277 g/mol. The van der Waals surface area contributed by atoms with E-state index in [0.717, 1.165) is 31.2 Å². The Kier molecular flexibility index (Phi) is 5.86. The van der Waals surface area contributed by atoms with Gasteiger partial charge in [0.1, 0.15) is 5.75 Å². The number of hydrogen-bond donors (Lipinski definition) is 1. The number of ether oxygens (including phenoxy) is 1. The highest BCUT2D eigenvalue weighted by atomic mass is 16.5. The van der Waals surface area contributed by atoms with E-state index >= 15 is 0 Å². The standard InChI is InChI=1S/C17H27NO2/c1-18(12-15-8-5-9-17(11-15)20-2)13-16(19)10-14-6-3-4-7-14/h5,8-9,11,14,16,19H,3-4,6-7,10,12-13H2,1-2H3. The predicted molar refractivity (Wildman–Crippen MR) is 81.9 cm³/mol. The van der Waals surface area contributed by atoms with Gasteiger partial charge in [0, 0.05) is 13.1 Å². The van der Waals surface area contributed by atoms with Crippen molar-refractivity contribution >= 4 is 0 Å². The van der Waals surface area contributed by atoms with Crippen LogP contribution in [0.4, 0.5) is 0 Å². The van der Waals surface area contributed by atoms with Gasteiger partial charge in [0.2, 0.25) is 0 Å². The summed E-state index contributed by atoms with van der Waals surface area (Å²) >= 11 is 0. The summed E-state index contributed by atoms with van der Waals surface area (Å²) < 4.78 is 5.24. The zero-order valence-electron chi connectivity index (χ0n) is 12.7. The van der Waals surface area contributed by atoms with Crippen molar-refractivity contribution in [2.24, 2.45) is 5.92 Å². The fourth-order valence-electron chi connectivity index (χ4n) is 3.21. The maximum Gasteiger partial charge on any atom is 0.119 e. The first-order valence-electron chi connectivity index (χ1n) is 7.67. The molecule has 1 atom stereocenters. The molecule has 20 heavy (non-hydrogen) atoms. The third-order valence-corrected chi connectivity index (χ3v) is 4.19. The first-order chi connectivity index (χ1) is 9.67. The van der Waals surface area contributed by atoms with Crippen LogP contribution in [0.5, 0.6) is 5.75 Å². The highest BCUT2D eigenvalue weighted by Crippen LogP contribution is 2.28. The number of nitrogens with zero attached hydrogens (tertiary/aromatic N) is 1. The fourth-order valence-corrected chi connectivity index (χ4v) is 3.21. The molecule has 1 saturated carbocycles. The maximum absolute atomic E-state index is 10.2. The van der Waals surface area contributed by atoms with Gasteiger partial charge in [-0.1, -0.05) is 37.8 Å². The third-order valence-electron chi connectivity index (χ3n) is 4.19. The van der Waals surface area contributed by atoms with E-state index in [2.05, 4.69) is 24.1 Å². The summed E-state index contributed by atoms with van der Waals surface area (Å²) in [5, 5.41) is 10.2. The lowest BCUT2D eigenvalue weighted by molar-refractivity contribution is 0.0994. The molecule has 1 aliphatic carbocycles. The summed E-state index contributed by atoms with van der Waals surface area (Å²) in [4.78, 5) is 2.19. The predicted octanol–water partition coefficient (Wildman–Crippen LogP) is 3.07. The second-order valence-corrected chi connectivity index (χ2v) is 6.09. The van der Waals surface area contributed by atoms with Crippen molar-refractivity contribution in [1.29, 1.82) is 0 Å². The van der Waals surface area contributed by atoms with Crippen LogP contribution in [0.25, 0.3) is 0 Å². The third kappa shape index (κ3) is 4.80. The van der Waals surface area contributed by atoms with Gasteiger partial charge in [-0.05, 0) is 37.1 Å². The molecular formula is C17H27NO2. The Labute approximate surface area is 122 Å². The number of benzene rings is 1. The summed E-state index contributed by atoms with van der Waals surface area (Å²) in [5.41, 5.74) is 1.22. The van der Waals surface area contributed by atoms with Crippen molar-refractivity contribution in [3.63, 3.8) is 0 Å². The molecule has 0 aliphatic heterocycles. The molecule has 1 unspecified atom stereocenters. The van der Waals surface area contributed by atoms with Crippen LogP contribution in [0.2, 0.25) is 0 Å². The molecule has 0 spiro atoms. The number of hydrogen-bond acceptors (Lipinski definition) is 3. The molecule has 112 valence electrons. The normalized spacial score (nSPS) is 17.6. The molecule has 0 bridgehead atoms. The number of rotatable bonds is 7. The van der Waals surface area contributed by atoms with Crippen LogP contribution in [0, 0.1) is 5.92 Å². The lowest BCUT2D eigenvalue weighted by Gasteiger charge is -2.22. The van der Waals surface area contributed by atoms with Crippen LogP contribution >= 0.6 is 0 Å². The van der Waals surface area contributed by atoms with Crippen molar-refractivity contribution in [2.45, 2.75) is 44.8 Å². The summed E-state index contributed by atoms with van der Waals surface area (Å²) in [6, 6.07) is 8.12. The summed E-state index contributed by atoms with van der Waals surface area (Å²) in [5.74, 6) is 1.64. The van der Waals surface area contributed by atoms with E-state index in [4.69, 9.17) is 4.74 Å². The van der Waals surface area contributed by atoms with E-state index in [0.29, 0.717) is 0 Å². The Bertz CT molecular complexity index is 402. The van der Waals surface area contributed by atoms with Gasteiger partial charge in [0.15, 0.2) is 0 Å². The van der Waals surface area contributed by atoms with Crippen LogP contribution < -0.4 is 4.74 Å². The molecule has 3 nitrogen and oxygen atoms in total. The minimum atomic E-state index is -0.200. The largest absolute Gasteiger partial charge is 0.497 e. The van der Waals surface area contributed by atoms with Crippen LogP contribution in [0.1, 0.15) is 37.7 Å². The topological polar surface area (TPSA) is 32.7 Å². The quantitative estimate of drug-likeness (QED) is 0.831. The van der Waals surface area contributed by atoms with Crippen molar-refractivity contribution < 1.29 is 9.84 Å². The minimum Gasteiger partial charge on any atom is -0.497 e. The molecule has 1 aromatic rings. The fraction of sp³-hybridized carbons (Fsp3) is 0.647. The molecule has 0 aromatic heterocycles. The van der Waals surface area contributed by atoms with Gasteiger partial charge in [-0.2, -0.15) is 0 Å². The molecule has 1 aliphatic rings. The van der Waals surface area contributed by atoms with Gasteiger partial charge in [-0.3, -0.25) is 4.90 Å². The van der Waals surface area contributed by atoms with Gasteiger partial charge in [-0.15, -0.1) is 0 Å². The highest BCUT2D eigenvalue weighted by Gasteiger charge is 2.19. The SMILES string of the molecule is COc1cccc(CN(C)CC(O)CC2CCCC2)c1. The first-order valence-corrected chi connectivity index (χ1v) is 7.67. The minimum absolute atomic E-state index is 0.200. The van der Waals surface area contributed by atoms with Crippen molar-refractivity contribution in [2.75, 3.05) is 20.7 Å². The van der Waals surface area contributed by atoms with Gasteiger partial charge in [0.05, 0.1) is 13.2 Å². The molecule has 0 saturated heterocycles. The van der Waals surface area contributed by atoms with E-state index in [1.54, 1.807) is 7.11 Å². The van der Waals surface area contributed by atoms with Gasteiger partial charge in [-0.25, -0.2) is 0 Å². The zero-order chi connectivity index (χ0) is 14.4.